The molecule has 1 rings (SSSR count). The predicted octanol–water partition coefficient (Wildman–Crippen LogP) is 1.34. The van der Waals surface area contributed by atoms with E-state index in [1.54, 1.807) is 18.7 Å². The lowest BCUT2D eigenvalue weighted by Crippen LogP contribution is -1.95. The zero-order valence-electron chi connectivity index (χ0n) is 4.79. The molecule has 2 heteroatoms. The number of nitrogens with zero attached hydrogens (tertiary/aromatic N) is 1. The minimum Gasteiger partial charge on any atom is -0.466 e. The van der Waals surface area contributed by atoms with Crippen LogP contribution in [0.2, 0.25) is 0 Å². The van der Waals surface area contributed by atoms with Crippen molar-refractivity contribution in [2.75, 3.05) is 0 Å². The van der Waals surface area contributed by atoms with Gasteiger partial charge in [0.1, 0.15) is 12.0 Å². The second-order valence-corrected chi connectivity index (χ2v) is 1.50. The lowest BCUT2D eigenvalue weighted by atomic mass is 10.4. The fourth-order valence-electron chi connectivity index (χ4n) is 0.484. The van der Waals surface area contributed by atoms with Crippen LogP contribution in [-0.2, 0) is 4.74 Å². The van der Waals surface area contributed by atoms with Gasteiger partial charge in [0.15, 0.2) is 0 Å². The molecule has 0 saturated carbocycles. The summed E-state index contributed by atoms with van der Waals surface area (Å²) in [4.78, 5) is 0. The van der Waals surface area contributed by atoms with Crippen molar-refractivity contribution in [3.05, 3.63) is 24.4 Å². The van der Waals surface area contributed by atoms with Crippen LogP contribution in [0.15, 0.2) is 24.4 Å². The Bertz CT molecular complexity index is 126. The topological polar surface area (TPSA) is 23.3 Å². The van der Waals surface area contributed by atoms with Gasteiger partial charge in [-0.25, -0.2) is 0 Å². The van der Waals surface area contributed by atoms with Crippen LogP contribution < -0.4 is 5.32 Å². The number of hydrogen-bond donors (Lipinski definition) is 0. The first-order valence-electron chi connectivity index (χ1n) is 2.64. The van der Waals surface area contributed by atoms with Crippen molar-refractivity contribution in [2.24, 2.45) is 0 Å². The Morgan fingerprint density at radius 3 is 3.00 bits per heavy atom. The van der Waals surface area contributed by atoms with Crippen molar-refractivity contribution in [3.63, 3.8) is 0 Å². The minimum atomic E-state index is 0.911. The Labute approximate surface area is 48.8 Å². The van der Waals surface area contributed by atoms with Crippen LogP contribution in [0.3, 0.4) is 0 Å². The van der Waals surface area contributed by atoms with E-state index in [-0.39, 0.29) is 0 Å². The highest BCUT2D eigenvalue weighted by atomic mass is 16.5. The van der Waals surface area contributed by atoms with E-state index in [1.165, 1.54) is 0 Å². The number of hydrogen-bond acceptors (Lipinski definition) is 1. The van der Waals surface area contributed by atoms with Gasteiger partial charge in [-0.05, 0) is 0 Å². The summed E-state index contributed by atoms with van der Waals surface area (Å²) in [6.45, 7) is 2.03. The monoisotopic (exact) mass is 110 g/mol. The molecule has 1 radical (unpaired) electrons. The molecule has 0 aromatic carbocycles. The maximum atomic E-state index is 5.01. The Hall–Kier alpha value is -0.920. The summed E-state index contributed by atoms with van der Waals surface area (Å²) in [6, 6.07) is 0. The zero-order valence-corrected chi connectivity index (χ0v) is 4.79. The Balaban J connectivity index is 2.43. The quantitative estimate of drug-likeness (QED) is 0.499. The standard InChI is InChI=1S/C6H8NO/c1-2-6-5-7-3-4-8-6/h3-5H,2H2,1H3. The van der Waals surface area contributed by atoms with Crippen molar-refractivity contribution in [1.29, 1.82) is 0 Å². The first-order valence-corrected chi connectivity index (χ1v) is 2.64. The average Bonchev–Trinajstić information content (AvgIpc) is 1.90. The zero-order chi connectivity index (χ0) is 5.82. The lowest BCUT2D eigenvalue weighted by Gasteiger charge is -2.04. The van der Waals surface area contributed by atoms with E-state index >= 15 is 0 Å². The highest BCUT2D eigenvalue weighted by Crippen LogP contribution is 2.04. The van der Waals surface area contributed by atoms with Gasteiger partial charge >= 0.3 is 0 Å². The van der Waals surface area contributed by atoms with Gasteiger partial charge in [-0.15, -0.1) is 0 Å². The molecule has 0 spiro atoms. The van der Waals surface area contributed by atoms with Gasteiger partial charge in [-0.2, -0.15) is 0 Å². The average molecular weight is 110 g/mol. The van der Waals surface area contributed by atoms with Crippen LogP contribution >= 0.6 is 0 Å². The van der Waals surface area contributed by atoms with E-state index in [2.05, 4.69) is 5.32 Å². The second-order valence-electron chi connectivity index (χ2n) is 1.50. The van der Waals surface area contributed by atoms with Crippen LogP contribution in [0.1, 0.15) is 13.3 Å². The molecule has 1 aliphatic rings. The summed E-state index contributed by atoms with van der Waals surface area (Å²) >= 11 is 0. The highest BCUT2D eigenvalue weighted by molar-refractivity contribution is 4.99. The molecular formula is C6H8NO. The van der Waals surface area contributed by atoms with Crippen molar-refractivity contribution < 1.29 is 4.74 Å². The molecule has 43 valence electrons. The smallest absolute Gasteiger partial charge is 0.121 e. The summed E-state index contributed by atoms with van der Waals surface area (Å²) < 4.78 is 5.01. The van der Waals surface area contributed by atoms with E-state index in [0.29, 0.717) is 0 Å². The molecule has 0 aromatic rings. The van der Waals surface area contributed by atoms with Crippen LogP contribution in [0.4, 0.5) is 0 Å². The summed E-state index contributed by atoms with van der Waals surface area (Å²) in [6.07, 6.45) is 5.84. The first-order chi connectivity index (χ1) is 3.93. The molecule has 0 amide bonds. The molecule has 1 aliphatic heterocycles. The molecule has 2 nitrogen and oxygen atoms in total. The third-order valence-corrected chi connectivity index (χ3v) is 0.933. The normalized spacial score (nSPS) is 16.4. The first kappa shape index (κ1) is 5.22. The van der Waals surface area contributed by atoms with Crippen LogP contribution in [-0.4, -0.2) is 0 Å². The molecule has 0 bridgehead atoms. The van der Waals surface area contributed by atoms with E-state index in [4.69, 9.17) is 4.74 Å². The number of allylic oxidation sites excluding steroid dienone is 1. The van der Waals surface area contributed by atoms with E-state index in [1.807, 2.05) is 6.92 Å². The Morgan fingerprint density at radius 1 is 1.75 bits per heavy atom. The molecule has 8 heavy (non-hydrogen) atoms. The van der Waals surface area contributed by atoms with Crippen LogP contribution in [0.5, 0.6) is 0 Å². The fourth-order valence-corrected chi connectivity index (χ4v) is 0.484. The van der Waals surface area contributed by atoms with Crippen molar-refractivity contribution in [3.8, 4) is 0 Å². The van der Waals surface area contributed by atoms with Crippen LogP contribution in [0, 0.1) is 0 Å². The number of rotatable bonds is 1. The van der Waals surface area contributed by atoms with Gasteiger partial charge < -0.3 is 4.74 Å². The summed E-state index contributed by atoms with van der Waals surface area (Å²) in [7, 11) is 0. The van der Waals surface area contributed by atoms with Gasteiger partial charge in [0.25, 0.3) is 0 Å². The molecule has 0 aliphatic carbocycles. The molecule has 1 heterocycles. The summed E-state index contributed by atoms with van der Waals surface area (Å²) in [5.74, 6) is 0.924. The summed E-state index contributed by atoms with van der Waals surface area (Å²) in [5, 5.41) is 3.86. The molecule has 0 N–H and O–H groups in total. The van der Waals surface area contributed by atoms with Gasteiger partial charge in [0.2, 0.25) is 0 Å². The van der Waals surface area contributed by atoms with Gasteiger partial charge in [0, 0.05) is 6.42 Å². The maximum Gasteiger partial charge on any atom is 0.121 e. The van der Waals surface area contributed by atoms with Gasteiger partial charge in [-0.1, -0.05) is 6.92 Å². The summed E-state index contributed by atoms with van der Waals surface area (Å²) in [5.41, 5.74) is 0. The van der Waals surface area contributed by atoms with E-state index in [9.17, 15) is 0 Å². The Morgan fingerprint density at radius 2 is 2.62 bits per heavy atom. The second kappa shape index (κ2) is 2.40. The van der Waals surface area contributed by atoms with E-state index in [0.717, 1.165) is 12.2 Å². The molecule has 0 fully saturated rings. The van der Waals surface area contributed by atoms with Crippen molar-refractivity contribution >= 4 is 0 Å². The molecule has 0 unspecified atom stereocenters. The third kappa shape index (κ3) is 1.03. The molecule has 0 aromatic heterocycles. The highest BCUT2D eigenvalue weighted by Gasteiger charge is 1.94. The number of ether oxygens (including phenoxy) is 1. The largest absolute Gasteiger partial charge is 0.466 e. The third-order valence-electron chi connectivity index (χ3n) is 0.933. The molecular weight excluding hydrogens is 102 g/mol. The van der Waals surface area contributed by atoms with Crippen LogP contribution in [0.25, 0.3) is 0 Å². The van der Waals surface area contributed by atoms with Gasteiger partial charge in [-0.3, -0.25) is 5.32 Å². The van der Waals surface area contributed by atoms with E-state index < -0.39 is 0 Å². The maximum absolute atomic E-state index is 5.01. The molecule has 0 atom stereocenters. The SMILES string of the molecule is CCC1=C[N]C=CO1. The predicted molar refractivity (Wildman–Crippen MR) is 30.7 cm³/mol. The van der Waals surface area contributed by atoms with Gasteiger partial charge in [0.05, 0.1) is 12.4 Å². The lowest BCUT2D eigenvalue weighted by molar-refractivity contribution is 0.325. The van der Waals surface area contributed by atoms with Crippen molar-refractivity contribution in [2.45, 2.75) is 13.3 Å². The molecule has 0 saturated heterocycles. The van der Waals surface area contributed by atoms with Crippen molar-refractivity contribution in [1.82, 2.24) is 5.32 Å². The Kier molecular flexibility index (Phi) is 1.57. The fraction of sp³-hybridized carbons (Fsp3) is 0.333. The minimum absolute atomic E-state index is 0.911.